The van der Waals surface area contributed by atoms with Gasteiger partial charge in [0.1, 0.15) is 11.6 Å². The molecule has 0 amide bonds. The Morgan fingerprint density at radius 3 is 2.71 bits per heavy atom. The summed E-state index contributed by atoms with van der Waals surface area (Å²) in [6.45, 7) is 1.55. The lowest BCUT2D eigenvalue weighted by Gasteiger charge is -2.02. The molecule has 1 aromatic carbocycles. The number of phenols is 1. The molecule has 0 bridgehead atoms. The lowest BCUT2D eigenvalue weighted by atomic mass is 10.1. The number of rotatable bonds is 2. The molecule has 0 saturated carbocycles. The van der Waals surface area contributed by atoms with E-state index in [2.05, 4.69) is 5.16 Å². The first-order valence-corrected chi connectivity index (χ1v) is 4.68. The number of aryl methyl sites for hydroxylation is 1. The quantitative estimate of drug-likeness (QED) is 0.836. The van der Waals surface area contributed by atoms with E-state index in [1.165, 1.54) is 0 Å². The van der Waals surface area contributed by atoms with E-state index >= 15 is 0 Å². The average molecular weight is 237 g/mol. The summed E-state index contributed by atoms with van der Waals surface area (Å²) in [5.41, 5.74) is 0.0248. The second kappa shape index (κ2) is 3.89. The van der Waals surface area contributed by atoms with Crippen LogP contribution < -0.4 is 0 Å². The smallest absolute Gasteiger partial charge is 0.358 e. The second-order valence-corrected chi connectivity index (χ2v) is 3.50. The number of hydrogen-bond acceptors (Lipinski definition) is 4. The third kappa shape index (κ3) is 1.96. The maximum atomic E-state index is 13.6. The lowest BCUT2D eigenvalue weighted by Crippen LogP contribution is -1.94. The van der Waals surface area contributed by atoms with Crippen LogP contribution >= 0.6 is 0 Å². The van der Waals surface area contributed by atoms with E-state index in [0.29, 0.717) is 5.56 Å². The van der Waals surface area contributed by atoms with Crippen LogP contribution in [-0.4, -0.2) is 21.3 Å². The van der Waals surface area contributed by atoms with Crippen LogP contribution in [0.25, 0.3) is 11.3 Å². The number of carbonyl (C=O) groups is 1. The van der Waals surface area contributed by atoms with E-state index in [1.807, 2.05) is 0 Å². The van der Waals surface area contributed by atoms with E-state index in [0.717, 1.165) is 18.2 Å². The number of carboxylic acids is 1. The standard InChI is InChI=1S/C11H8FNO4/c1-5-2-7(12)6(3-9(5)14)10-4-8(11(15)16)13-17-10/h2-4,14H,1H3,(H,15,16). The molecule has 2 N–H and O–H groups in total. The Hall–Kier alpha value is -2.37. The van der Waals surface area contributed by atoms with Crippen LogP contribution in [0, 0.1) is 12.7 Å². The van der Waals surface area contributed by atoms with Gasteiger partial charge in [0.2, 0.25) is 0 Å². The molecule has 1 heterocycles. The molecule has 0 aliphatic heterocycles. The largest absolute Gasteiger partial charge is 0.508 e. The predicted octanol–water partition coefficient (Wildman–Crippen LogP) is 2.19. The molecule has 0 fully saturated rings. The SMILES string of the molecule is Cc1cc(F)c(-c2cc(C(=O)O)no2)cc1O. The Morgan fingerprint density at radius 2 is 2.12 bits per heavy atom. The Labute approximate surface area is 95.1 Å². The first kappa shape index (κ1) is 11.1. The van der Waals surface area contributed by atoms with Crippen molar-refractivity contribution in [2.24, 2.45) is 0 Å². The van der Waals surface area contributed by atoms with Crippen LogP contribution in [0.5, 0.6) is 5.75 Å². The van der Waals surface area contributed by atoms with Gasteiger partial charge < -0.3 is 14.7 Å². The van der Waals surface area contributed by atoms with E-state index in [4.69, 9.17) is 9.63 Å². The van der Waals surface area contributed by atoms with Gasteiger partial charge in [-0.25, -0.2) is 9.18 Å². The molecule has 2 aromatic rings. The molecule has 0 radical (unpaired) electrons. The van der Waals surface area contributed by atoms with Crippen molar-refractivity contribution in [3.05, 3.63) is 35.3 Å². The Balaban J connectivity index is 2.52. The highest BCUT2D eigenvalue weighted by Gasteiger charge is 2.16. The van der Waals surface area contributed by atoms with E-state index in [-0.39, 0.29) is 22.8 Å². The fraction of sp³-hybridized carbons (Fsp3) is 0.0909. The third-order valence-electron chi connectivity index (χ3n) is 2.28. The summed E-state index contributed by atoms with van der Waals surface area (Å²) in [5, 5.41) is 21.4. The van der Waals surface area contributed by atoms with Gasteiger partial charge in [0, 0.05) is 6.07 Å². The molecule has 1 aromatic heterocycles. The fourth-order valence-corrected chi connectivity index (χ4v) is 1.35. The van der Waals surface area contributed by atoms with Gasteiger partial charge in [0.15, 0.2) is 11.5 Å². The van der Waals surface area contributed by atoms with Gasteiger partial charge in [-0.3, -0.25) is 0 Å². The summed E-state index contributed by atoms with van der Waals surface area (Å²) in [4.78, 5) is 10.6. The zero-order valence-electron chi connectivity index (χ0n) is 8.77. The Morgan fingerprint density at radius 1 is 1.41 bits per heavy atom. The normalized spacial score (nSPS) is 10.5. The van der Waals surface area contributed by atoms with Crippen LogP contribution in [0.2, 0.25) is 0 Å². The maximum absolute atomic E-state index is 13.6. The lowest BCUT2D eigenvalue weighted by molar-refractivity contribution is 0.0686. The highest BCUT2D eigenvalue weighted by molar-refractivity contribution is 5.86. The van der Waals surface area contributed by atoms with Crippen molar-refractivity contribution >= 4 is 5.97 Å². The zero-order valence-corrected chi connectivity index (χ0v) is 8.77. The van der Waals surface area contributed by atoms with E-state index in [1.54, 1.807) is 6.92 Å². The Kier molecular flexibility index (Phi) is 2.55. The summed E-state index contributed by atoms with van der Waals surface area (Å²) in [6, 6.07) is 3.39. The first-order valence-electron chi connectivity index (χ1n) is 4.68. The number of carboxylic acid groups (broad SMARTS) is 1. The van der Waals surface area contributed by atoms with Crippen LogP contribution in [0.4, 0.5) is 4.39 Å². The number of aromatic carboxylic acids is 1. The molecular formula is C11H8FNO4. The highest BCUT2D eigenvalue weighted by Crippen LogP contribution is 2.29. The first-order chi connectivity index (χ1) is 7.99. The summed E-state index contributed by atoms with van der Waals surface area (Å²) in [5.74, 6) is -2.03. The van der Waals surface area contributed by atoms with E-state index < -0.39 is 11.8 Å². The molecule has 5 nitrogen and oxygen atoms in total. The fourth-order valence-electron chi connectivity index (χ4n) is 1.35. The number of benzene rings is 1. The minimum atomic E-state index is -1.27. The number of hydrogen-bond donors (Lipinski definition) is 2. The van der Waals surface area contributed by atoms with Gasteiger partial charge in [-0.1, -0.05) is 5.16 Å². The number of aromatic nitrogens is 1. The van der Waals surface area contributed by atoms with Crippen molar-refractivity contribution in [1.82, 2.24) is 5.16 Å². The topological polar surface area (TPSA) is 83.6 Å². The number of nitrogens with zero attached hydrogens (tertiary/aromatic N) is 1. The van der Waals surface area contributed by atoms with Gasteiger partial charge in [-0.15, -0.1) is 0 Å². The van der Waals surface area contributed by atoms with Crippen molar-refractivity contribution in [1.29, 1.82) is 0 Å². The van der Waals surface area contributed by atoms with Crippen molar-refractivity contribution in [2.75, 3.05) is 0 Å². The third-order valence-corrected chi connectivity index (χ3v) is 2.28. The van der Waals surface area contributed by atoms with Gasteiger partial charge in [-0.2, -0.15) is 0 Å². The second-order valence-electron chi connectivity index (χ2n) is 3.50. The summed E-state index contributed by atoms with van der Waals surface area (Å²) in [6.07, 6.45) is 0. The van der Waals surface area contributed by atoms with Crippen LogP contribution in [-0.2, 0) is 0 Å². The molecule has 17 heavy (non-hydrogen) atoms. The number of phenolic OH excluding ortho intramolecular Hbond substituents is 1. The van der Waals surface area contributed by atoms with Gasteiger partial charge in [0.05, 0.1) is 5.56 Å². The predicted molar refractivity (Wildman–Crippen MR) is 55.3 cm³/mol. The monoisotopic (exact) mass is 237 g/mol. The molecule has 2 rings (SSSR count). The molecule has 0 spiro atoms. The van der Waals surface area contributed by atoms with Crippen LogP contribution in [0.3, 0.4) is 0 Å². The molecule has 88 valence electrons. The van der Waals surface area contributed by atoms with Gasteiger partial charge in [0.25, 0.3) is 0 Å². The van der Waals surface area contributed by atoms with Crippen LogP contribution in [0.1, 0.15) is 16.1 Å². The molecule has 0 unspecified atom stereocenters. The summed E-state index contributed by atoms with van der Waals surface area (Å²) < 4.78 is 18.3. The maximum Gasteiger partial charge on any atom is 0.358 e. The zero-order chi connectivity index (χ0) is 12.6. The van der Waals surface area contributed by atoms with Crippen molar-refractivity contribution in [2.45, 2.75) is 6.92 Å². The summed E-state index contributed by atoms with van der Waals surface area (Å²) >= 11 is 0. The minimum Gasteiger partial charge on any atom is -0.508 e. The molecule has 0 atom stereocenters. The molecular weight excluding hydrogens is 229 g/mol. The van der Waals surface area contributed by atoms with Gasteiger partial charge in [-0.05, 0) is 24.6 Å². The number of aromatic hydroxyl groups is 1. The van der Waals surface area contributed by atoms with Crippen molar-refractivity contribution < 1.29 is 23.9 Å². The molecule has 0 saturated heterocycles. The Bertz CT molecular complexity index is 591. The van der Waals surface area contributed by atoms with Gasteiger partial charge >= 0.3 is 5.97 Å². The summed E-state index contributed by atoms with van der Waals surface area (Å²) in [7, 11) is 0. The molecule has 0 aliphatic rings. The minimum absolute atomic E-state index is 0.0342. The van der Waals surface area contributed by atoms with Crippen molar-refractivity contribution in [3.8, 4) is 17.1 Å². The molecule has 6 heteroatoms. The van der Waals surface area contributed by atoms with Crippen molar-refractivity contribution in [3.63, 3.8) is 0 Å². The van der Waals surface area contributed by atoms with E-state index in [9.17, 15) is 14.3 Å². The molecule has 0 aliphatic carbocycles. The average Bonchev–Trinajstić information content (AvgIpc) is 2.72. The van der Waals surface area contributed by atoms with Crippen LogP contribution in [0.15, 0.2) is 22.7 Å². The number of halogens is 1. The highest BCUT2D eigenvalue weighted by atomic mass is 19.1.